The normalized spacial score (nSPS) is 23.1. The Morgan fingerprint density at radius 3 is 2.29 bits per heavy atom. The van der Waals surface area contributed by atoms with Crippen molar-refractivity contribution in [3.05, 3.63) is 66.5 Å². The number of aliphatic hydroxyl groups excluding tert-OH is 1. The molecule has 0 amide bonds. The van der Waals surface area contributed by atoms with E-state index in [9.17, 15) is 9.50 Å². The number of ether oxygens (including phenoxy) is 3. The first-order valence-corrected chi connectivity index (χ1v) is 11.8. The Hall–Kier alpha value is -3.46. The van der Waals surface area contributed by atoms with E-state index >= 15 is 0 Å². The van der Waals surface area contributed by atoms with Crippen LogP contribution in [0.15, 0.2) is 60.7 Å². The lowest BCUT2D eigenvalue weighted by atomic mass is 10.0. The molecule has 2 aromatic heterocycles. The highest BCUT2D eigenvalue weighted by molar-refractivity contribution is 5.81. The fourth-order valence-electron chi connectivity index (χ4n) is 4.48. The van der Waals surface area contributed by atoms with E-state index < -0.39 is 11.9 Å². The van der Waals surface area contributed by atoms with Crippen LogP contribution in [0.1, 0.15) is 13.8 Å². The summed E-state index contributed by atoms with van der Waals surface area (Å²) in [6, 6.07) is 18.3. The molecular weight excluding hydrogens is 449 g/mol. The van der Waals surface area contributed by atoms with Gasteiger partial charge in [-0.05, 0) is 23.3 Å². The van der Waals surface area contributed by atoms with Crippen molar-refractivity contribution in [3.8, 4) is 28.3 Å². The Labute approximate surface area is 202 Å². The molecule has 4 N–H and O–H groups in total. The van der Waals surface area contributed by atoms with Gasteiger partial charge in [0.15, 0.2) is 17.8 Å². The summed E-state index contributed by atoms with van der Waals surface area (Å²) in [4.78, 5) is 7.59. The van der Waals surface area contributed by atoms with E-state index in [1.165, 1.54) is 6.07 Å². The number of anilines is 1. The number of benzene rings is 2. The van der Waals surface area contributed by atoms with Gasteiger partial charge in [-0.3, -0.25) is 0 Å². The van der Waals surface area contributed by atoms with Gasteiger partial charge in [0, 0.05) is 23.4 Å². The molecule has 2 fully saturated rings. The van der Waals surface area contributed by atoms with Crippen molar-refractivity contribution in [1.82, 2.24) is 9.97 Å². The van der Waals surface area contributed by atoms with Crippen molar-refractivity contribution in [2.45, 2.75) is 38.3 Å². The largest absolute Gasteiger partial charge is 0.470 e. The highest BCUT2D eigenvalue weighted by atomic mass is 19.1. The quantitative estimate of drug-likeness (QED) is 0.373. The molecule has 0 bridgehead atoms. The SMILES string of the molecule is CC.Nc1ccc(-c2ccc(-c3nc4cc(OC5COC6C(O)CO[C@H]56)[nH]c4cc3F)cc2)cc1. The summed E-state index contributed by atoms with van der Waals surface area (Å²) in [7, 11) is 0. The Morgan fingerprint density at radius 1 is 0.943 bits per heavy atom. The number of aliphatic hydroxyl groups is 1. The average Bonchev–Trinajstić information content (AvgIpc) is 3.57. The molecule has 0 aliphatic carbocycles. The molecule has 6 rings (SSSR count). The number of pyridine rings is 1. The number of nitrogen functional groups attached to an aromatic ring is 1. The van der Waals surface area contributed by atoms with Gasteiger partial charge in [0.2, 0.25) is 0 Å². The monoisotopic (exact) mass is 477 g/mol. The maximum absolute atomic E-state index is 14.9. The van der Waals surface area contributed by atoms with Gasteiger partial charge in [-0.1, -0.05) is 50.2 Å². The van der Waals surface area contributed by atoms with E-state index in [-0.39, 0.29) is 30.6 Å². The molecule has 2 aliphatic rings. The van der Waals surface area contributed by atoms with Crippen LogP contribution in [0.25, 0.3) is 33.4 Å². The minimum atomic E-state index is -0.643. The Bertz CT molecular complexity index is 1310. The molecule has 4 heterocycles. The summed E-state index contributed by atoms with van der Waals surface area (Å²) in [6.07, 6.45) is -1.70. The molecule has 2 aromatic carbocycles. The zero-order chi connectivity index (χ0) is 24.5. The van der Waals surface area contributed by atoms with Crippen LogP contribution in [0.4, 0.5) is 10.1 Å². The summed E-state index contributed by atoms with van der Waals surface area (Å²) in [5, 5.41) is 9.89. The van der Waals surface area contributed by atoms with E-state index in [2.05, 4.69) is 9.97 Å². The number of nitrogens with two attached hydrogens (primary N) is 1. The lowest BCUT2D eigenvalue weighted by Crippen LogP contribution is -2.34. The van der Waals surface area contributed by atoms with E-state index in [1.807, 2.05) is 62.4 Å². The minimum absolute atomic E-state index is 0.231. The molecule has 182 valence electrons. The van der Waals surface area contributed by atoms with Crippen LogP contribution in [-0.4, -0.2) is 52.7 Å². The third kappa shape index (κ3) is 4.48. The van der Waals surface area contributed by atoms with Crippen LogP contribution in [0.3, 0.4) is 0 Å². The zero-order valence-electron chi connectivity index (χ0n) is 19.6. The van der Waals surface area contributed by atoms with Gasteiger partial charge in [-0.2, -0.15) is 0 Å². The minimum Gasteiger partial charge on any atom is -0.470 e. The van der Waals surface area contributed by atoms with Crippen molar-refractivity contribution in [2.75, 3.05) is 18.9 Å². The first kappa shape index (κ1) is 23.3. The standard InChI is InChI=1S/C25H22FN3O4.C2H6/c26-17-9-18-19(10-22(28-18)33-21-12-32-24-20(30)11-31-25(21)24)29-23(17)15-3-1-13(2-4-15)14-5-7-16(27)8-6-14;1-2/h1-10,20-21,24-25,28,30H,11-12,27H2;1-2H3/t20?,21?,24?,25-;/m1./s1. The van der Waals surface area contributed by atoms with Gasteiger partial charge in [0.1, 0.15) is 24.0 Å². The molecule has 2 aliphatic heterocycles. The third-order valence-electron chi connectivity index (χ3n) is 6.19. The number of halogens is 1. The third-order valence-corrected chi connectivity index (χ3v) is 6.19. The molecule has 4 atom stereocenters. The van der Waals surface area contributed by atoms with E-state index in [0.29, 0.717) is 34.8 Å². The Morgan fingerprint density at radius 2 is 1.57 bits per heavy atom. The number of hydrogen-bond donors (Lipinski definition) is 3. The Balaban J connectivity index is 0.00000124. The maximum atomic E-state index is 14.9. The molecule has 0 saturated carbocycles. The van der Waals surface area contributed by atoms with Crippen molar-refractivity contribution in [3.63, 3.8) is 0 Å². The molecule has 4 aromatic rings. The van der Waals surface area contributed by atoms with Crippen molar-refractivity contribution in [1.29, 1.82) is 0 Å². The number of hydrogen-bond acceptors (Lipinski definition) is 6. The highest BCUT2D eigenvalue weighted by Crippen LogP contribution is 2.32. The number of aromatic amines is 1. The van der Waals surface area contributed by atoms with Crippen molar-refractivity contribution >= 4 is 16.7 Å². The molecule has 3 unspecified atom stereocenters. The number of nitrogens with zero attached hydrogens (tertiary/aromatic N) is 1. The van der Waals surface area contributed by atoms with Gasteiger partial charge in [0.25, 0.3) is 0 Å². The fraction of sp³-hybridized carbons (Fsp3) is 0.296. The number of aromatic nitrogens is 2. The van der Waals surface area contributed by atoms with Crippen molar-refractivity contribution < 1.29 is 23.7 Å². The number of nitrogens with one attached hydrogen (secondary N) is 1. The van der Waals surface area contributed by atoms with Crippen LogP contribution in [0, 0.1) is 5.82 Å². The van der Waals surface area contributed by atoms with Gasteiger partial charge in [-0.25, -0.2) is 9.37 Å². The maximum Gasteiger partial charge on any atom is 0.193 e. The smallest absolute Gasteiger partial charge is 0.193 e. The number of rotatable bonds is 4. The fourth-order valence-corrected chi connectivity index (χ4v) is 4.48. The van der Waals surface area contributed by atoms with Gasteiger partial charge in [-0.15, -0.1) is 0 Å². The molecule has 0 spiro atoms. The summed E-state index contributed by atoms with van der Waals surface area (Å²) in [6.45, 7) is 4.55. The van der Waals surface area contributed by atoms with Crippen LogP contribution in [0.5, 0.6) is 5.88 Å². The molecule has 8 heteroatoms. The second kappa shape index (κ2) is 9.65. The van der Waals surface area contributed by atoms with Crippen LogP contribution in [-0.2, 0) is 9.47 Å². The molecule has 7 nitrogen and oxygen atoms in total. The average molecular weight is 478 g/mol. The summed E-state index contributed by atoms with van der Waals surface area (Å²) in [5.74, 6) is 0.0228. The summed E-state index contributed by atoms with van der Waals surface area (Å²) < 4.78 is 32.1. The van der Waals surface area contributed by atoms with Gasteiger partial charge >= 0.3 is 0 Å². The first-order chi connectivity index (χ1) is 17.0. The van der Waals surface area contributed by atoms with Crippen LogP contribution < -0.4 is 10.5 Å². The second-order valence-electron chi connectivity index (χ2n) is 8.40. The number of fused-ring (bicyclic) bond motifs is 2. The summed E-state index contributed by atoms with van der Waals surface area (Å²) >= 11 is 0. The predicted molar refractivity (Wildman–Crippen MR) is 133 cm³/mol. The molecule has 35 heavy (non-hydrogen) atoms. The topological polar surface area (TPSA) is 103 Å². The predicted octanol–water partition coefficient (Wildman–Crippen LogP) is 4.55. The molecule has 2 saturated heterocycles. The summed E-state index contributed by atoms with van der Waals surface area (Å²) in [5.41, 5.74) is 10.6. The van der Waals surface area contributed by atoms with Crippen LogP contribution >= 0.6 is 0 Å². The van der Waals surface area contributed by atoms with E-state index in [0.717, 1.165) is 11.1 Å². The van der Waals surface area contributed by atoms with Crippen LogP contribution in [0.2, 0.25) is 0 Å². The van der Waals surface area contributed by atoms with E-state index in [1.54, 1.807) is 6.07 Å². The lowest BCUT2D eigenvalue weighted by molar-refractivity contribution is 0.00794. The first-order valence-electron chi connectivity index (χ1n) is 11.8. The zero-order valence-corrected chi connectivity index (χ0v) is 19.6. The van der Waals surface area contributed by atoms with Gasteiger partial charge in [0.05, 0.1) is 24.2 Å². The molecule has 0 radical (unpaired) electrons. The van der Waals surface area contributed by atoms with Gasteiger partial charge < -0.3 is 30.0 Å². The Kier molecular flexibility index (Phi) is 6.42. The number of H-pyrrole nitrogens is 1. The lowest BCUT2D eigenvalue weighted by Gasteiger charge is -2.16. The van der Waals surface area contributed by atoms with Crippen molar-refractivity contribution in [2.24, 2.45) is 0 Å². The highest BCUT2D eigenvalue weighted by Gasteiger charge is 2.48. The second-order valence-corrected chi connectivity index (χ2v) is 8.40. The van der Waals surface area contributed by atoms with E-state index in [4.69, 9.17) is 19.9 Å². The molecular formula is C27H28FN3O4.